The summed E-state index contributed by atoms with van der Waals surface area (Å²) in [7, 11) is 0. The first-order chi connectivity index (χ1) is 11.6. The molecule has 0 spiro atoms. The maximum atomic E-state index is 13.1. The summed E-state index contributed by atoms with van der Waals surface area (Å²) in [5.74, 6) is -0.562. The molecular formula is C18H14ClFN2OS. The highest BCUT2D eigenvalue weighted by molar-refractivity contribution is 7.15. The van der Waals surface area contributed by atoms with Crippen molar-refractivity contribution >= 4 is 34.0 Å². The van der Waals surface area contributed by atoms with Crippen molar-refractivity contribution in [3.63, 3.8) is 0 Å². The number of thiazole rings is 1. The number of carbonyl (C=O) groups excluding carboxylic acids is 1. The van der Waals surface area contributed by atoms with Crippen LogP contribution in [-0.2, 0) is 17.6 Å². The molecule has 3 rings (SSSR count). The zero-order valence-electron chi connectivity index (χ0n) is 12.6. The molecule has 1 N–H and O–H groups in total. The fourth-order valence-electron chi connectivity index (χ4n) is 2.25. The molecule has 0 radical (unpaired) electrons. The van der Waals surface area contributed by atoms with Crippen LogP contribution in [0.15, 0.2) is 54.7 Å². The summed E-state index contributed by atoms with van der Waals surface area (Å²) in [5.41, 5.74) is 1.76. The second-order valence-corrected chi connectivity index (χ2v) is 6.84. The standard InChI is InChI=1S/C18H14ClFN2OS/c19-14-6-4-12(5-7-14)9-16-11-21-18(24-16)22-17(23)10-13-2-1-3-15(20)8-13/h1-8,11H,9-10H2,(H,21,22,23). The van der Waals surface area contributed by atoms with Crippen LogP contribution in [0.3, 0.4) is 0 Å². The summed E-state index contributed by atoms with van der Waals surface area (Å²) in [6, 6.07) is 13.6. The van der Waals surface area contributed by atoms with E-state index in [1.807, 2.05) is 24.3 Å². The number of benzene rings is 2. The zero-order valence-corrected chi connectivity index (χ0v) is 14.2. The van der Waals surface area contributed by atoms with E-state index >= 15 is 0 Å². The van der Waals surface area contributed by atoms with E-state index in [0.29, 0.717) is 15.7 Å². The lowest BCUT2D eigenvalue weighted by atomic mass is 10.1. The Kier molecular flexibility index (Phi) is 5.23. The molecule has 3 nitrogen and oxygen atoms in total. The molecule has 1 heterocycles. The molecule has 0 bridgehead atoms. The lowest BCUT2D eigenvalue weighted by molar-refractivity contribution is -0.115. The molecule has 0 atom stereocenters. The summed E-state index contributed by atoms with van der Waals surface area (Å²) < 4.78 is 13.1. The maximum absolute atomic E-state index is 13.1. The molecule has 2 aromatic carbocycles. The molecule has 6 heteroatoms. The first kappa shape index (κ1) is 16.6. The number of rotatable bonds is 5. The maximum Gasteiger partial charge on any atom is 0.230 e. The quantitative estimate of drug-likeness (QED) is 0.716. The van der Waals surface area contributed by atoms with Gasteiger partial charge in [-0.15, -0.1) is 11.3 Å². The van der Waals surface area contributed by atoms with Crippen molar-refractivity contribution in [2.24, 2.45) is 0 Å². The van der Waals surface area contributed by atoms with Gasteiger partial charge in [-0.3, -0.25) is 4.79 Å². The van der Waals surface area contributed by atoms with Crippen LogP contribution in [0.4, 0.5) is 9.52 Å². The Bertz CT molecular complexity index is 848. The monoisotopic (exact) mass is 360 g/mol. The molecule has 0 aliphatic carbocycles. The molecule has 0 aliphatic heterocycles. The van der Waals surface area contributed by atoms with Crippen molar-refractivity contribution in [1.29, 1.82) is 0 Å². The smallest absolute Gasteiger partial charge is 0.230 e. The molecular weight excluding hydrogens is 347 g/mol. The van der Waals surface area contributed by atoms with Gasteiger partial charge in [0.25, 0.3) is 0 Å². The van der Waals surface area contributed by atoms with Gasteiger partial charge in [-0.25, -0.2) is 9.37 Å². The van der Waals surface area contributed by atoms with Gasteiger partial charge in [0.2, 0.25) is 5.91 Å². The van der Waals surface area contributed by atoms with Crippen molar-refractivity contribution in [3.8, 4) is 0 Å². The molecule has 0 saturated carbocycles. The second-order valence-electron chi connectivity index (χ2n) is 5.29. The number of hydrogen-bond donors (Lipinski definition) is 1. The second kappa shape index (κ2) is 7.55. The zero-order chi connectivity index (χ0) is 16.9. The number of nitrogens with zero attached hydrogens (tertiary/aromatic N) is 1. The Morgan fingerprint density at radius 1 is 1.17 bits per heavy atom. The van der Waals surface area contributed by atoms with Crippen molar-refractivity contribution in [2.75, 3.05) is 5.32 Å². The van der Waals surface area contributed by atoms with Crippen molar-refractivity contribution in [3.05, 3.63) is 81.6 Å². The Morgan fingerprint density at radius 2 is 1.96 bits per heavy atom. The Hall–Kier alpha value is -2.24. The fraction of sp³-hybridized carbons (Fsp3) is 0.111. The first-order valence-electron chi connectivity index (χ1n) is 7.32. The summed E-state index contributed by atoms with van der Waals surface area (Å²) in [6.07, 6.45) is 2.59. The van der Waals surface area contributed by atoms with Crippen LogP contribution in [-0.4, -0.2) is 10.9 Å². The molecule has 122 valence electrons. The van der Waals surface area contributed by atoms with E-state index in [4.69, 9.17) is 11.6 Å². The predicted molar refractivity (Wildman–Crippen MR) is 95.1 cm³/mol. The lowest BCUT2D eigenvalue weighted by Crippen LogP contribution is -2.14. The Morgan fingerprint density at radius 3 is 2.71 bits per heavy atom. The fourth-order valence-corrected chi connectivity index (χ4v) is 3.24. The van der Waals surface area contributed by atoms with Crippen molar-refractivity contribution in [2.45, 2.75) is 12.8 Å². The molecule has 0 aliphatic rings. The molecule has 0 fully saturated rings. The summed E-state index contributed by atoms with van der Waals surface area (Å²) in [5, 5.41) is 3.99. The van der Waals surface area contributed by atoms with E-state index in [1.54, 1.807) is 18.3 Å². The van der Waals surface area contributed by atoms with Gasteiger partial charge in [-0.2, -0.15) is 0 Å². The average molecular weight is 361 g/mol. The van der Waals surface area contributed by atoms with Crippen LogP contribution in [0.5, 0.6) is 0 Å². The van der Waals surface area contributed by atoms with Crippen LogP contribution in [0.1, 0.15) is 16.0 Å². The molecule has 1 amide bonds. The minimum Gasteiger partial charge on any atom is -0.302 e. The van der Waals surface area contributed by atoms with Gasteiger partial charge in [-0.05, 0) is 35.4 Å². The van der Waals surface area contributed by atoms with E-state index in [9.17, 15) is 9.18 Å². The highest BCUT2D eigenvalue weighted by Crippen LogP contribution is 2.22. The van der Waals surface area contributed by atoms with Crippen LogP contribution in [0.25, 0.3) is 0 Å². The molecule has 3 aromatic rings. The van der Waals surface area contributed by atoms with Crippen molar-refractivity contribution < 1.29 is 9.18 Å². The largest absolute Gasteiger partial charge is 0.302 e. The SMILES string of the molecule is O=C(Cc1cccc(F)c1)Nc1ncc(Cc2ccc(Cl)cc2)s1. The van der Waals surface area contributed by atoms with Crippen LogP contribution in [0.2, 0.25) is 5.02 Å². The van der Waals surface area contributed by atoms with Gasteiger partial charge in [-0.1, -0.05) is 35.9 Å². The van der Waals surface area contributed by atoms with E-state index in [0.717, 1.165) is 16.9 Å². The van der Waals surface area contributed by atoms with E-state index in [-0.39, 0.29) is 18.1 Å². The number of anilines is 1. The van der Waals surface area contributed by atoms with E-state index < -0.39 is 0 Å². The summed E-state index contributed by atoms with van der Waals surface area (Å²) in [6.45, 7) is 0. The van der Waals surface area contributed by atoms with Crippen LogP contribution >= 0.6 is 22.9 Å². The van der Waals surface area contributed by atoms with E-state index in [1.165, 1.54) is 23.5 Å². The average Bonchev–Trinajstić information content (AvgIpc) is 2.96. The third kappa shape index (κ3) is 4.63. The Balaban J connectivity index is 1.59. The van der Waals surface area contributed by atoms with E-state index in [2.05, 4.69) is 10.3 Å². The number of halogens is 2. The summed E-state index contributed by atoms with van der Waals surface area (Å²) >= 11 is 7.30. The molecule has 1 aromatic heterocycles. The van der Waals surface area contributed by atoms with Gasteiger partial charge < -0.3 is 5.32 Å². The third-order valence-electron chi connectivity index (χ3n) is 3.35. The van der Waals surface area contributed by atoms with Crippen molar-refractivity contribution in [1.82, 2.24) is 4.98 Å². The molecule has 0 saturated heterocycles. The first-order valence-corrected chi connectivity index (χ1v) is 8.51. The third-order valence-corrected chi connectivity index (χ3v) is 4.51. The highest BCUT2D eigenvalue weighted by atomic mass is 35.5. The van der Waals surface area contributed by atoms with Crippen LogP contribution < -0.4 is 5.32 Å². The lowest BCUT2D eigenvalue weighted by Gasteiger charge is -2.02. The number of aromatic nitrogens is 1. The Labute approximate surface area is 148 Å². The number of amides is 1. The van der Waals surface area contributed by atoms with Gasteiger partial charge in [0, 0.05) is 22.5 Å². The minimum absolute atomic E-state index is 0.115. The van der Waals surface area contributed by atoms with Crippen LogP contribution in [0, 0.1) is 5.82 Å². The number of nitrogens with one attached hydrogen (secondary N) is 1. The number of hydrogen-bond acceptors (Lipinski definition) is 3. The van der Waals surface area contributed by atoms with Gasteiger partial charge in [0.05, 0.1) is 6.42 Å². The van der Waals surface area contributed by atoms with Gasteiger partial charge in [0.15, 0.2) is 5.13 Å². The molecule has 24 heavy (non-hydrogen) atoms. The topological polar surface area (TPSA) is 42.0 Å². The minimum atomic E-state index is -0.347. The predicted octanol–water partition coefficient (Wildman–Crippen LogP) is 4.71. The van der Waals surface area contributed by atoms with Gasteiger partial charge >= 0.3 is 0 Å². The normalized spacial score (nSPS) is 10.6. The molecule has 0 unspecified atom stereocenters. The highest BCUT2D eigenvalue weighted by Gasteiger charge is 2.09. The summed E-state index contributed by atoms with van der Waals surface area (Å²) in [4.78, 5) is 17.3. The number of carbonyl (C=O) groups is 1. The van der Waals surface area contributed by atoms with Gasteiger partial charge in [0.1, 0.15) is 5.82 Å².